The quantitative estimate of drug-likeness (QED) is 0.313. The SMILES string of the molecule is O=C(NC(Cc1ccc(OCc2ccc3ccccc3n2)cc1)C(=O)O)c1ccc2ccccc2c1. The van der Waals surface area contributed by atoms with Crippen molar-refractivity contribution in [3.05, 3.63) is 120 Å². The highest BCUT2D eigenvalue weighted by Crippen LogP contribution is 2.18. The van der Waals surface area contributed by atoms with Crippen LogP contribution in [0.2, 0.25) is 0 Å². The van der Waals surface area contributed by atoms with E-state index in [2.05, 4.69) is 10.3 Å². The lowest BCUT2D eigenvalue weighted by Crippen LogP contribution is -2.42. The summed E-state index contributed by atoms with van der Waals surface area (Å²) in [6, 6.07) is 31.0. The Morgan fingerprint density at radius 3 is 2.28 bits per heavy atom. The Kier molecular flexibility index (Phi) is 6.58. The molecule has 0 fully saturated rings. The van der Waals surface area contributed by atoms with Gasteiger partial charge in [-0.3, -0.25) is 4.79 Å². The maximum absolute atomic E-state index is 12.7. The number of nitrogens with zero attached hydrogens (tertiary/aromatic N) is 1. The number of amides is 1. The number of aliphatic carboxylic acids is 1. The van der Waals surface area contributed by atoms with Crippen molar-refractivity contribution in [2.45, 2.75) is 19.1 Å². The number of ether oxygens (including phenoxy) is 1. The fraction of sp³-hybridized carbons (Fsp3) is 0.100. The number of benzene rings is 4. The maximum Gasteiger partial charge on any atom is 0.326 e. The lowest BCUT2D eigenvalue weighted by Gasteiger charge is -2.15. The van der Waals surface area contributed by atoms with E-state index in [1.165, 1.54) is 0 Å². The number of nitrogens with one attached hydrogen (secondary N) is 1. The molecule has 0 aliphatic rings. The van der Waals surface area contributed by atoms with Crippen LogP contribution in [0.1, 0.15) is 21.6 Å². The second-order valence-corrected chi connectivity index (χ2v) is 8.56. The van der Waals surface area contributed by atoms with E-state index < -0.39 is 17.9 Å². The third kappa shape index (κ3) is 5.33. The Morgan fingerprint density at radius 2 is 1.50 bits per heavy atom. The van der Waals surface area contributed by atoms with Crippen LogP contribution in [0.25, 0.3) is 21.7 Å². The minimum Gasteiger partial charge on any atom is -0.487 e. The number of carboxylic acids is 1. The molecule has 6 nitrogen and oxygen atoms in total. The van der Waals surface area contributed by atoms with Gasteiger partial charge in [0.1, 0.15) is 18.4 Å². The fourth-order valence-corrected chi connectivity index (χ4v) is 4.08. The summed E-state index contributed by atoms with van der Waals surface area (Å²) in [5.41, 5.74) is 2.93. The molecule has 0 saturated heterocycles. The molecule has 1 heterocycles. The van der Waals surface area contributed by atoms with Crippen LogP contribution in [0.15, 0.2) is 103 Å². The van der Waals surface area contributed by atoms with E-state index in [0.29, 0.717) is 17.9 Å². The van der Waals surface area contributed by atoms with E-state index in [0.717, 1.165) is 32.9 Å². The number of hydrogen-bond acceptors (Lipinski definition) is 4. The van der Waals surface area contributed by atoms with E-state index in [9.17, 15) is 14.7 Å². The summed E-state index contributed by atoms with van der Waals surface area (Å²) >= 11 is 0. The summed E-state index contributed by atoms with van der Waals surface area (Å²) in [6.07, 6.45) is 0.154. The molecule has 5 aromatic rings. The van der Waals surface area contributed by atoms with Gasteiger partial charge in [-0.15, -0.1) is 0 Å². The molecule has 1 aromatic heterocycles. The van der Waals surface area contributed by atoms with E-state index in [4.69, 9.17) is 4.74 Å². The Labute approximate surface area is 208 Å². The molecule has 0 saturated carbocycles. The van der Waals surface area contributed by atoms with Crippen LogP contribution in [0.5, 0.6) is 5.75 Å². The summed E-state index contributed by atoms with van der Waals surface area (Å²) in [5.74, 6) is -0.858. The van der Waals surface area contributed by atoms with Crippen LogP contribution in [0.4, 0.5) is 0 Å². The van der Waals surface area contributed by atoms with Crippen LogP contribution in [-0.2, 0) is 17.8 Å². The van der Waals surface area contributed by atoms with Gasteiger partial charge in [-0.1, -0.05) is 66.7 Å². The van der Waals surface area contributed by atoms with Crippen molar-refractivity contribution in [1.82, 2.24) is 10.3 Å². The van der Waals surface area contributed by atoms with Gasteiger partial charge < -0.3 is 15.2 Å². The molecule has 36 heavy (non-hydrogen) atoms. The first-order valence-electron chi connectivity index (χ1n) is 11.6. The van der Waals surface area contributed by atoms with Crippen molar-refractivity contribution >= 4 is 33.6 Å². The van der Waals surface area contributed by atoms with E-state index in [-0.39, 0.29) is 6.42 Å². The number of rotatable bonds is 8. The molecule has 4 aromatic carbocycles. The highest BCUT2D eigenvalue weighted by Gasteiger charge is 2.21. The zero-order valence-electron chi connectivity index (χ0n) is 19.4. The molecule has 1 unspecified atom stereocenters. The van der Waals surface area contributed by atoms with Gasteiger partial charge in [-0.25, -0.2) is 9.78 Å². The van der Waals surface area contributed by atoms with Crippen LogP contribution in [0.3, 0.4) is 0 Å². The molecular formula is C30H24N2O4. The van der Waals surface area contributed by atoms with Crippen LogP contribution in [0, 0.1) is 0 Å². The van der Waals surface area contributed by atoms with Crippen molar-refractivity contribution in [1.29, 1.82) is 0 Å². The fourth-order valence-electron chi connectivity index (χ4n) is 4.08. The predicted molar refractivity (Wildman–Crippen MR) is 139 cm³/mol. The number of hydrogen-bond donors (Lipinski definition) is 2. The Hall–Kier alpha value is -4.71. The van der Waals surface area contributed by atoms with Gasteiger partial charge in [0.2, 0.25) is 0 Å². The molecule has 0 bridgehead atoms. The number of carboxylic acid groups (broad SMARTS) is 1. The van der Waals surface area contributed by atoms with Crippen LogP contribution in [-0.4, -0.2) is 28.0 Å². The lowest BCUT2D eigenvalue weighted by atomic mass is 10.0. The maximum atomic E-state index is 12.7. The van der Waals surface area contributed by atoms with Gasteiger partial charge in [-0.2, -0.15) is 0 Å². The minimum atomic E-state index is -1.09. The molecule has 1 atom stereocenters. The van der Waals surface area contributed by atoms with Crippen molar-refractivity contribution in [2.75, 3.05) is 0 Å². The minimum absolute atomic E-state index is 0.154. The molecular weight excluding hydrogens is 452 g/mol. The first kappa shape index (κ1) is 23.1. The zero-order chi connectivity index (χ0) is 24.9. The van der Waals surface area contributed by atoms with Crippen molar-refractivity contribution < 1.29 is 19.4 Å². The third-order valence-electron chi connectivity index (χ3n) is 6.02. The number of pyridine rings is 1. The second-order valence-electron chi connectivity index (χ2n) is 8.56. The van der Waals surface area contributed by atoms with Gasteiger partial charge in [0, 0.05) is 17.4 Å². The second kappa shape index (κ2) is 10.3. The van der Waals surface area contributed by atoms with Crippen LogP contribution < -0.4 is 10.1 Å². The zero-order valence-corrected chi connectivity index (χ0v) is 19.4. The van der Waals surface area contributed by atoms with Gasteiger partial charge in [-0.05, 0) is 52.7 Å². The molecule has 0 radical (unpaired) electrons. The van der Waals surface area contributed by atoms with Crippen molar-refractivity contribution in [2.24, 2.45) is 0 Å². The number of aromatic nitrogens is 1. The number of para-hydroxylation sites is 1. The standard InChI is InChI=1S/C30H24N2O4/c33-29(24-12-11-21-5-1-2-7-23(21)18-24)32-28(30(34)35)17-20-9-15-26(16-10-20)36-19-25-14-13-22-6-3-4-8-27(22)31-25/h1-16,18,28H,17,19H2,(H,32,33)(H,34,35). The molecule has 0 aliphatic carbocycles. The highest BCUT2D eigenvalue weighted by atomic mass is 16.5. The van der Waals surface area contributed by atoms with Gasteiger partial charge in [0.05, 0.1) is 11.2 Å². The van der Waals surface area contributed by atoms with Gasteiger partial charge in [0.25, 0.3) is 5.91 Å². The van der Waals surface area contributed by atoms with E-state index in [1.807, 2.05) is 66.7 Å². The monoisotopic (exact) mass is 476 g/mol. The Morgan fingerprint density at radius 1 is 0.806 bits per heavy atom. The van der Waals surface area contributed by atoms with Gasteiger partial charge >= 0.3 is 5.97 Å². The summed E-state index contributed by atoms with van der Waals surface area (Å²) in [6.45, 7) is 0.323. The lowest BCUT2D eigenvalue weighted by molar-refractivity contribution is -0.139. The molecule has 178 valence electrons. The molecule has 5 rings (SSSR count). The molecule has 1 amide bonds. The average Bonchev–Trinajstić information content (AvgIpc) is 2.91. The topological polar surface area (TPSA) is 88.5 Å². The average molecular weight is 477 g/mol. The number of carbonyl (C=O) groups excluding carboxylic acids is 1. The largest absolute Gasteiger partial charge is 0.487 e. The van der Waals surface area contributed by atoms with Crippen molar-refractivity contribution in [3.63, 3.8) is 0 Å². The number of carbonyl (C=O) groups is 2. The summed E-state index contributed by atoms with van der Waals surface area (Å²) in [4.78, 5) is 29.2. The molecule has 0 spiro atoms. The summed E-state index contributed by atoms with van der Waals surface area (Å²) in [7, 11) is 0. The number of fused-ring (bicyclic) bond motifs is 2. The first-order chi connectivity index (χ1) is 17.5. The van der Waals surface area contributed by atoms with Crippen LogP contribution >= 0.6 is 0 Å². The normalized spacial score (nSPS) is 11.8. The summed E-state index contributed by atoms with van der Waals surface area (Å²) < 4.78 is 5.86. The predicted octanol–water partition coefficient (Wildman–Crippen LogP) is 5.39. The molecule has 6 heteroatoms. The Balaban J connectivity index is 1.21. The van der Waals surface area contributed by atoms with Gasteiger partial charge in [0.15, 0.2) is 0 Å². The van der Waals surface area contributed by atoms with E-state index in [1.54, 1.807) is 36.4 Å². The molecule has 2 N–H and O–H groups in total. The first-order valence-corrected chi connectivity index (χ1v) is 11.6. The smallest absolute Gasteiger partial charge is 0.326 e. The Bertz CT molecular complexity index is 1550. The van der Waals surface area contributed by atoms with E-state index >= 15 is 0 Å². The molecule has 0 aliphatic heterocycles. The third-order valence-corrected chi connectivity index (χ3v) is 6.02. The summed E-state index contributed by atoms with van der Waals surface area (Å²) in [5, 5.41) is 15.4. The van der Waals surface area contributed by atoms with Crippen molar-refractivity contribution in [3.8, 4) is 5.75 Å². The highest BCUT2D eigenvalue weighted by molar-refractivity contribution is 6.00.